The van der Waals surface area contributed by atoms with Gasteiger partial charge in [-0.1, -0.05) is 38.9 Å². The molecule has 0 aliphatic heterocycles. The van der Waals surface area contributed by atoms with E-state index >= 15 is 0 Å². The monoisotopic (exact) mass is 115 g/mol. The Hall–Kier alpha value is 0.217. The Balaban J connectivity index is 2.99. The van der Waals surface area contributed by atoms with Crippen molar-refractivity contribution in [2.45, 2.75) is 38.9 Å². The summed E-state index contributed by atoms with van der Waals surface area (Å²) in [6, 6.07) is 4.37. The minimum Gasteiger partial charge on any atom is -0.0680 e. The van der Waals surface area contributed by atoms with Crippen LogP contribution in [-0.2, 0) is 0 Å². The van der Waals surface area contributed by atoms with E-state index in [2.05, 4.69) is 20.8 Å². The summed E-state index contributed by atoms with van der Waals surface area (Å²) in [6.45, 7) is 6.92. The second-order valence-electron chi connectivity index (χ2n) is 1.81. The molecular formula is C6H15Si. The summed E-state index contributed by atoms with van der Waals surface area (Å²) >= 11 is 0. The van der Waals surface area contributed by atoms with Crippen molar-refractivity contribution in [3.63, 3.8) is 0 Å². The molecule has 0 nitrogen and oxygen atoms in total. The van der Waals surface area contributed by atoms with Gasteiger partial charge >= 0.3 is 0 Å². The molecular weight excluding hydrogens is 100 g/mol. The molecule has 0 aliphatic carbocycles. The number of hydrogen-bond acceptors (Lipinski definition) is 0. The van der Waals surface area contributed by atoms with E-state index in [4.69, 9.17) is 0 Å². The quantitative estimate of drug-likeness (QED) is 0.496. The summed E-state index contributed by atoms with van der Waals surface area (Å²) in [7, 11) is 0.137. The summed E-state index contributed by atoms with van der Waals surface area (Å²) in [5.74, 6) is 0. The molecule has 0 fully saturated rings. The number of rotatable bonds is 3. The highest BCUT2D eigenvalue weighted by Gasteiger charge is 1.98. The van der Waals surface area contributed by atoms with Crippen molar-refractivity contribution in [2.24, 2.45) is 0 Å². The van der Waals surface area contributed by atoms with Gasteiger partial charge in [0.05, 0.1) is 0 Å². The Morgan fingerprint density at radius 2 is 1.14 bits per heavy atom. The van der Waals surface area contributed by atoms with Gasteiger partial charge < -0.3 is 0 Å². The maximum Gasteiger partial charge on any atom is 0.0470 e. The van der Waals surface area contributed by atoms with E-state index in [-0.39, 0.29) is 8.80 Å². The molecule has 0 aliphatic rings. The summed E-state index contributed by atoms with van der Waals surface area (Å²) in [6.07, 6.45) is 0. The zero-order valence-corrected chi connectivity index (χ0v) is 6.62. The summed E-state index contributed by atoms with van der Waals surface area (Å²) in [4.78, 5) is 0. The molecule has 0 amide bonds. The topological polar surface area (TPSA) is 0 Å². The second kappa shape index (κ2) is 4.38. The highest BCUT2D eigenvalue weighted by molar-refractivity contribution is 6.58. The van der Waals surface area contributed by atoms with Gasteiger partial charge in [0.1, 0.15) is 0 Å². The standard InChI is InChI=1S/C6H15Si/c1-4-7(5-2)6-3/h4-6H2,1-3H3. The van der Waals surface area contributed by atoms with Crippen LogP contribution in [0.1, 0.15) is 20.8 Å². The molecule has 0 saturated heterocycles. The van der Waals surface area contributed by atoms with Crippen LogP contribution in [0.5, 0.6) is 0 Å². The summed E-state index contributed by atoms with van der Waals surface area (Å²) < 4.78 is 0. The molecule has 1 heteroatoms. The fourth-order valence-electron chi connectivity index (χ4n) is 0.750. The van der Waals surface area contributed by atoms with Gasteiger partial charge in [0.2, 0.25) is 0 Å². The number of hydrogen-bond donors (Lipinski definition) is 0. The minimum atomic E-state index is 0.137. The molecule has 0 bridgehead atoms. The molecule has 1 radical (unpaired) electrons. The van der Waals surface area contributed by atoms with E-state index in [0.717, 1.165) is 0 Å². The molecule has 43 valence electrons. The third-order valence-corrected chi connectivity index (χ3v) is 4.50. The normalized spacial score (nSPS) is 10.3. The lowest BCUT2D eigenvalue weighted by atomic mass is 10.9. The molecule has 7 heavy (non-hydrogen) atoms. The lowest BCUT2D eigenvalue weighted by molar-refractivity contribution is 1.24. The SMILES string of the molecule is CC[Si](CC)CC. The van der Waals surface area contributed by atoms with Crippen molar-refractivity contribution in [3.8, 4) is 0 Å². The summed E-state index contributed by atoms with van der Waals surface area (Å²) in [5.41, 5.74) is 0. The molecule has 0 heterocycles. The second-order valence-corrected chi connectivity index (χ2v) is 5.43. The fourth-order valence-corrected chi connectivity index (χ4v) is 2.25. The lowest BCUT2D eigenvalue weighted by Crippen LogP contribution is -2.04. The van der Waals surface area contributed by atoms with Crippen LogP contribution in [-0.4, -0.2) is 8.80 Å². The zero-order valence-electron chi connectivity index (χ0n) is 5.62. The van der Waals surface area contributed by atoms with Crippen molar-refractivity contribution < 1.29 is 0 Å². The predicted octanol–water partition coefficient (Wildman–Crippen LogP) is 2.54. The molecule has 0 rings (SSSR count). The maximum absolute atomic E-state index is 2.31. The highest BCUT2D eigenvalue weighted by Crippen LogP contribution is 2.01. The van der Waals surface area contributed by atoms with Gasteiger partial charge in [-0.2, -0.15) is 0 Å². The lowest BCUT2D eigenvalue weighted by Gasteiger charge is -2.02. The highest BCUT2D eigenvalue weighted by atomic mass is 28.3. The average molecular weight is 115 g/mol. The Kier molecular flexibility index (Phi) is 4.51. The third-order valence-electron chi connectivity index (χ3n) is 1.50. The molecule has 0 aromatic heterocycles. The van der Waals surface area contributed by atoms with Crippen LogP contribution in [0.25, 0.3) is 0 Å². The van der Waals surface area contributed by atoms with Crippen molar-refractivity contribution in [1.29, 1.82) is 0 Å². The van der Waals surface area contributed by atoms with Gasteiger partial charge in [-0.15, -0.1) is 0 Å². The van der Waals surface area contributed by atoms with Gasteiger partial charge in [-0.3, -0.25) is 0 Å². The molecule has 0 N–H and O–H groups in total. The Morgan fingerprint density at radius 1 is 0.857 bits per heavy atom. The molecule has 0 aromatic carbocycles. The van der Waals surface area contributed by atoms with Crippen molar-refractivity contribution in [2.75, 3.05) is 0 Å². The zero-order chi connectivity index (χ0) is 5.70. The van der Waals surface area contributed by atoms with Crippen LogP contribution in [0.15, 0.2) is 0 Å². The van der Waals surface area contributed by atoms with E-state index in [1.807, 2.05) is 0 Å². The first-order valence-electron chi connectivity index (χ1n) is 3.18. The van der Waals surface area contributed by atoms with Crippen LogP contribution in [0.4, 0.5) is 0 Å². The third kappa shape index (κ3) is 2.86. The van der Waals surface area contributed by atoms with Gasteiger partial charge in [0.25, 0.3) is 0 Å². The smallest absolute Gasteiger partial charge is 0.0470 e. The molecule has 0 unspecified atom stereocenters. The van der Waals surface area contributed by atoms with E-state index in [0.29, 0.717) is 0 Å². The van der Waals surface area contributed by atoms with Crippen LogP contribution >= 0.6 is 0 Å². The van der Waals surface area contributed by atoms with E-state index in [9.17, 15) is 0 Å². The molecule has 0 atom stereocenters. The first kappa shape index (κ1) is 7.22. The van der Waals surface area contributed by atoms with Crippen LogP contribution in [0.2, 0.25) is 18.1 Å². The Bertz CT molecular complexity index is 25.7. The van der Waals surface area contributed by atoms with E-state index in [1.165, 1.54) is 18.1 Å². The Morgan fingerprint density at radius 3 is 1.14 bits per heavy atom. The molecule has 0 saturated carbocycles. The van der Waals surface area contributed by atoms with E-state index < -0.39 is 0 Å². The molecule has 0 aromatic rings. The van der Waals surface area contributed by atoms with Crippen molar-refractivity contribution in [1.82, 2.24) is 0 Å². The Labute approximate surface area is 48.5 Å². The van der Waals surface area contributed by atoms with E-state index in [1.54, 1.807) is 0 Å². The first-order chi connectivity index (χ1) is 3.35. The van der Waals surface area contributed by atoms with Crippen molar-refractivity contribution in [3.05, 3.63) is 0 Å². The van der Waals surface area contributed by atoms with Crippen LogP contribution < -0.4 is 0 Å². The maximum atomic E-state index is 2.31. The molecule has 0 spiro atoms. The predicted molar refractivity (Wildman–Crippen MR) is 37.2 cm³/mol. The average Bonchev–Trinajstić information content (AvgIpc) is 1.72. The largest absolute Gasteiger partial charge is 0.0680 e. The van der Waals surface area contributed by atoms with Crippen molar-refractivity contribution >= 4 is 8.80 Å². The van der Waals surface area contributed by atoms with Gasteiger partial charge in [0.15, 0.2) is 0 Å². The summed E-state index contributed by atoms with van der Waals surface area (Å²) in [5, 5.41) is 0. The van der Waals surface area contributed by atoms with Crippen LogP contribution in [0.3, 0.4) is 0 Å². The van der Waals surface area contributed by atoms with Crippen LogP contribution in [0, 0.1) is 0 Å². The first-order valence-corrected chi connectivity index (χ1v) is 5.30. The minimum absolute atomic E-state index is 0.137. The fraction of sp³-hybridized carbons (Fsp3) is 1.00. The van der Waals surface area contributed by atoms with Gasteiger partial charge in [-0.05, 0) is 0 Å². The van der Waals surface area contributed by atoms with Gasteiger partial charge in [0, 0.05) is 8.80 Å². The van der Waals surface area contributed by atoms with Gasteiger partial charge in [-0.25, -0.2) is 0 Å².